The Morgan fingerprint density at radius 2 is 2.00 bits per heavy atom. The van der Waals surface area contributed by atoms with Gasteiger partial charge in [0, 0.05) is 37.2 Å². The van der Waals surface area contributed by atoms with Crippen LogP contribution in [0.2, 0.25) is 0 Å². The van der Waals surface area contributed by atoms with Crippen molar-refractivity contribution in [2.45, 2.75) is 32.9 Å². The number of hydrogen-bond donors (Lipinski definition) is 1. The van der Waals surface area contributed by atoms with E-state index in [-0.39, 0.29) is 11.9 Å². The molecule has 2 heterocycles. The first kappa shape index (κ1) is 17.3. The molecule has 134 valence electrons. The second-order valence-corrected chi connectivity index (χ2v) is 6.94. The van der Waals surface area contributed by atoms with Crippen molar-refractivity contribution in [1.29, 1.82) is 0 Å². The van der Waals surface area contributed by atoms with Crippen molar-refractivity contribution >= 4 is 22.9 Å². The molecule has 1 aliphatic heterocycles. The molecule has 2 amide bonds. The molecule has 1 N–H and O–H groups in total. The molecule has 1 aromatic carbocycles. The Hall–Kier alpha value is -2.50. The van der Waals surface area contributed by atoms with Gasteiger partial charge in [0.15, 0.2) is 0 Å². The predicted octanol–water partition coefficient (Wildman–Crippen LogP) is 2.44. The quantitative estimate of drug-likeness (QED) is 0.871. The van der Waals surface area contributed by atoms with Gasteiger partial charge in [-0.2, -0.15) is 0 Å². The lowest BCUT2D eigenvalue weighted by atomic mass is 10.1. The first-order valence-corrected chi connectivity index (χ1v) is 8.61. The maximum atomic E-state index is 12.7. The molecule has 0 saturated carbocycles. The van der Waals surface area contributed by atoms with Gasteiger partial charge in [0.05, 0.1) is 7.11 Å². The van der Waals surface area contributed by atoms with Gasteiger partial charge in [-0.25, -0.2) is 9.59 Å². The number of aryl methyl sites for hydroxylation is 1. The molecule has 0 aliphatic carbocycles. The van der Waals surface area contributed by atoms with Crippen molar-refractivity contribution in [3.8, 4) is 0 Å². The Labute approximate surface area is 147 Å². The summed E-state index contributed by atoms with van der Waals surface area (Å²) in [5, 5.41) is 4.08. The number of aromatic nitrogens is 1. The number of carbonyl (C=O) groups excluding carboxylic acids is 2. The third-order valence-corrected chi connectivity index (χ3v) is 4.88. The van der Waals surface area contributed by atoms with Gasteiger partial charge in [0.25, 0.3) is 0 Å². The van der Waals surface area contributed by atoms with Crippen LogP contribution < -0.4 is 5.32 Å². The Morgan fingerprint density at radius 1 is 1.24 bits per heavy atom. The minimum atomic E-state index is -0.638. The normalized spacial score (nSPS) is 15.2. The van der Waals surface area contributed by atoms with E-state index in [0.29, 0.717) is 13.1 Å². The maximum absolute atomic E-state index is 12.7. The molecule has 3 rings (SSSR count). The molecule has 0 unspecified atom stereocenters. The zero-order valence-corrected chi connectivity index (χ0v) is 15.2. The van der Waals surface area contributed by atoms with Gasteiger partial charge in [-0.3, -0.25) is 0 Å². The van der Waals surface area contributed by atoms with Gasteiger partial charge in [0.1, 0.15) is 6.04 Å². The fourth-order valence-corrected chi connectivity index (χ4v) is 3.50. The van der Waals surface area contributed by atoms with E-state index in [1.165, 1.54) is 23.6 Å². The summed E-state index contributed by atoms with van der Waals surface area (Å²) >= 11 is 0. The van der Waals surface area contributed by atoms with Crippen LogP contribution in [-0.4, -0.2) is 41.2 Å². The number of hydrogen-bond acceptors (Lipinski definition) is 3. The topological polar surface area (TPSA) is 63.6 Å². The summed E-state index contributed by atoms with van der Waals surface area (Å²) in [6.07, 6.45) is 2.94. The number of rotatable bonds is 3. The Balaban J connectivity index is 1.82. The third kappa shape index (κ3) is 3.21. The number of carbonyl (C=O) groups is 2. The van der Waals surface area contributed by atoms with Crippen molar-refractivity contribution < 1.29 is 14.3 Å². The summed E-state index contributed by atoms with van der Waals surface area (Å²) in [5.41, 5.74) is 3.58. The molecule has 0 spiro atoms. The van der Waals surface area contributed by atoms with Crippen molar-refractivity contribution in [2.24, 2.45) is 13.0 Å². The molecule has 0 radical (unpaired) electrons. The number of nitrogens with one attached hydrogen (secondary N) is 1. The first-order valence-electron chi connectivity index (χ1n) is 8.61. The van der Waals surface area contributed by atoms with Crippen LogP contribution >= 0.6 is 0 Å². The molecule has 0 fully saturated rings. The molecular weight excluding hydrogens is 318 g/mol. The average molecular weight is 343 g/mol. The van der Waals surface area contributed by atoms with Gasteiger partial charge in [-0.1, -0.05) is 26.0 Å². The van der Waals surface area contributed by atoms with Crippen LogP contribution in [0.1, 0.15) is 25.0 Å². The fourth-order valence-electron chi connectivity index (χ4n) is 3.50. The molecule has 1 aliphatic rings. The Kier molecular flexibility index (Phi) is 4.70. The largest absolute Gasteiger partial charge is 0.467 e. The molecule has 0 bridgehead atoms. The highest BCUT2D eigenvalue weighted by atomic mass is 16.5. The van der Waals surface area contributed by atoms with Gasteiger partial charge in [-0.05, 0) is 29.5 Å². The highest BCUT2D eigenvalue weighted by molar-refractivity contribution is 5.89. The van der Waals surface area contributed by atoms with Crippen LogP contribution in [0, 0.1) is 5.92 Å². The summed E-state index contributed by atoms with van der Waals surface area (Å²) < 4.78 is 6.94. The van der Waals surface area contributed by atoms with E-state index in [9.17, 15) is 9.59 Å². The highest BCUT2D eigenvalue weighted by Crippen LogP contribution is 2.28. The van der Waals surface area contributed by atoms with E-state index in [0.717, 1.165) is 12.0 Å². The van der Waals surface area contributed by atoms with Crippen molar-refractivity contribution in [1.82, 2.24) is 14.8 Å². The molecule has 0 saturated heterocycles. The highest BCUT2D eigenvalue weighted by Gasteiger charge is 2.28. The van der Waals surface area contributed by atoms with Crippen LogP contribution in [0.3, 0.4) is 0 Å². The number of esters is 1. The number of nitrogens with zero attached hydrogens (tertiary/aromatic N) is 2. The van der Waals surface area contributed by atoms with E-state index < -0.39 is 12.0 Å². The van der Waals surface area contributed by atoms with Gasteiger partial charge in [-0.15, -0.1) is 0 Å². The zero-order chi connectivity index (χ0) is 18.1. The molecule has 2 aromatic rings. The molecule has 6 heteroatoms. The van der Waals surface area contributed by atoms with E-state index in [2.05, 4.69) is 28.2 Å². The summed E-state index contributed by atoms with van der Waals surface area (Å²) in [6, 6.07) is 5.33. The van der Waals surface area contributed by atoms with Gasteiger partial charge >= 0.3 is 12.0 Å². The second-order valence-electron chi connectivity index (χ2n) is 6.94. The fraction of sp³-hybridized carbons (Fsp3) is 0.474. The number of methoxy groups -OCH3 is 1. The minimum absolute atomic E-state index is 0.0368. The van der Waals surface area contributed by atoms with Crippen molar-refractivity contribution in [3.05, 3.63) is 35.5 Å². The lowest BCUT2D eigenvalue weighted by Crippen LogP contribution is -2.50. The molecule has 1 atom stereocenters. The lowest BCUT2D eigenvalue weighted by Gasteiger charge is -2.26. The molecular formula is C19H25N3O3. The first-order chi connectivity index (χ1) is 11.9. The maximum Gasteiger partial charge on any atom is 0.328 e. The predicted molar refractivity (Wildman–Crippen MR) is 96.2 cm³/mol. The minimum Gasteiger partial charge on any atom is -0.467 e. The number of urea groups is 1. The lowest BCUT2D eigenvalue weighted by molar-refractivity contribution is -0.144. The monoisotopic (exact) mass is 343 g/mol. The molecule has 25 heavy (non-hydrogen) atoms. The van der Waals surface area contributed by atoms with E-state index >= 15 is 0 Å². The Morgan fingerprint density at radius 3 is 2.68 bits per heavy atom. The number of amides is 2. The van der Waals surface area contributed by atoms with Crippen LogP contribution in [0.4, 0.5) is 4.79 Å². The standard InChI is InChI=1S/C19H25N3O3/c1-12(2)17(18(23)25-4)20-19(24)22-9-8-14-10-21(3)15-7-5-6-13(11-22)16(14)15/h5-7,10,12,17H,8-9,11H2,1-4H3,(H,20,24)/t17-/m0/s1. The zero-order valence-electron chi connectivity index (χ0n) is 15.2. The van der Waals surface area contributed by atoms with Crippen LogP contribution in [0.25, 0.3) is 10.9 Å². The van der Waals surface area contributed by atoms with Gasteiger partial charge < -0.3 is 19.5 Å². The SMILES string of the molecule is COC(=O)[C@@H](NC(=O)N1CCc2cn(C)c3cccc(c23)C1)C(C)C. The summed E-state index contributed by atoms with van der Waals surface area (Å²) in [5.74, 6) is -0.450. The van der Waals surface area contributed by atoms with Crippen LogP contribution in [0.15, 0.2) is 24.4 Å². The summed E-state index contributed by atoms with van der Waals surface area (Å²) in [4.78, 5) is 26.4. The van der Waals surface area contributed by atoms with Gasteiger partial charge in [0.2, 0.25) is 0 Å². The number of benzene rings is 1. The van der Waals surface area contributed by atoms with E-state index in [1.807, 2.05) is 27.0 Å². The van der Waals surface area contributed by atoms with Crippen molar-refractivity contribution in [3.63, 3.8) is 0 Å². The van der Waals surface area contributed by atoms with E-state index in [1.54, 1.807) is 4.90 Å². The molecule has 1 aromatic heterocycles. The van der Waals surface area contributed by atoms with E-state index in [4.69, 9.17) is 4.74 Å². The van der Waals surface area contributed by atoms with Crippen LogP contribution in [0.5, 0.6) is 0 Å². The van der Waals surface area contributed by atoms with Crippen molar-refractivity contribution in [2.75, 3.05) is 13.7 Å². The van der Waals surface area contributed by atoms with Crippen LogP contribution in [-0.2, 0) is 29.5 Å². The Bertz CT molecular complexity index is 810. The average Bonchev–Trinajstić information content (AvgIpc) is 2.80. The third-order valence-electron chi connectivity index (χ3n) is 4.88. The second kappa shape index (κ2) is 6.78. The smallest absolute Gasteiger partial charge is 0.328 e. The number of ether oxygens (including phenoxy) is 1. The summed E-state index contributed by atoms with van der Waals surface area (Å²) in [7, 11) is 3.39. The molecule has 6 nitrogen and oxygen atoms in total. The summed E-state index contributed by atoms with van der Waals surface area (Å²) in [6.45, 7) is 4.93.